The number of aromatic nitrogens is 2. The van der Waals surface area contributed by atoms with Crippen LogP contribution in [0.2, 0.25) is 0 Å². The summed E-state index contributed by atoms with van der Waals surface area (Å²) in [6.07, 6.45) is -4.39. The number of halogens is 3. The zero-order valence-corrected chi connectivity index (χ0v) is 21.5. The molecule has 188 valence electrons. The van der Waals surface area contributed by atoms with Crippen LogP contribution in [0.15, 0.2) is 58.8 Å². The summed E-state index contributed by atoms with van der Waals surface area (Å²) in [4.78, 5) is 22.5. The highest BCUT2D eigenvalue weighted by atomic mass is 32.2. The predicted molar refractivity (Wildman–Crippen MR) is 134 cm³/mol. The molecule has 0 radical (unpaired) electrons. The Morgan fingerprint density at radius 1 is 1.03 bits per heavy atom. The fourth-order valence-corrected chi connectivity index (χ4v) is 6.39. The lowest BCUT2D eigenvalue weighted by Gasteiger charge is -2.11. The van der Waals surface area contributed by atoms with Gasteiger partial charge < -0.3 is 0 Å². The van der Waals surface area contributed by atoms with Crippen LogP contribution in [0.1, 0.15) is 26.8 Å². The molecule has 0 saturated heterocycles. The van der Waals surface area contributed by atoms with Gasteiger partial charge in [0, 0.05) is 17.5 Å². The number of rotatable bonds is 8. The summed E-state index contributed by atoms with van der Waals surface area (Å²) in [6.45, 7) is 3.84. The molecule has 6 nitrogen and oxygen atoms in total. The lowest BCUT2D eigenvalue weighted by Crippen LogP contribution is -2.14. The zero-order chi connectivity index (χ0) is 26.1. The van der Waals surface area contributed by atoms with Gasteiger partial charge in [0.05, 0.1) is 38.2 Å². The van der Waals surface area contributed by atoms with Crippen molar-refractivity contribution in [1.82, 2.24) is 9.97 Å². The van der Waals surface area contributed by atoms with Gasteiger partial charge in [-0.25, -0.2) is 18.4 Å². The van der Waals surface area contributed by atoms with Crippen molar-refractivity contribution < 1.29 is 26.4 Å². The molecular weight excluding hydrogens is 531 g/mol. The number of carbonyl (C=O) groups excluding carboxylic acids is 1. The molecule has 2 aromatic carbocycles. The maximum Gasteiger partial charge on any atom is 0.416 e. The number of sulfonamides is 1. The van der Waals surface area contributed by atoms with Crippen LogP contribution in [0.3, 0.4) is 0 Å². The number of alkyl halides is 3. The maximum atomic E-state index is 12.7. The molecule has 36 heavy (non-hydrogen) atoms. The number of aryl methyl sites for hydroxylation is 2. The first-order valence-electron chi connectivity index (χ1n) is 10.6. The SMILES string of the molecule is Cc1nc(C)c(-c2csc(CC(=O)Cc3cccc(S(=O)(=O)Nc4ccc(C(F)(F)F)cc4)c3)n2)s1. The van der Waals surface area contributed by atoms with Crippen molar-refractivity contribution in [3.63, 3.8) is 0 Å². The summed E-state index contributed by atoms with van der Waals surface area (Å²) in [7, 11) is -4.07. The first-order chi connectivity index (χ1) is 16.9. The van der Waals surface area contributed by atoms with E-state index >= 15 is 0 Å². The molecule has 0 spiro atoms. The zero-order valence-electron chi connectivity index (χ0n) is 19.1. The summed E-state index contributed by atoms with van der Waals surface area (Å²) < 4.78 is 66.0. The van der Waals surface area contributed by atoms with Gasteiger partial charge in [0.1, 0.15) is 10.8 Å². The normalized spacial score (nSPS) is 12.0. The number of anilines is 1. The quantitative estimate of drug-likeness (QED) is 0.288. The number of carbonyl (C=O) groups is 1. The van der Waals surface area contributed by atoms with Crippen LogP contribution in [-0.2, 0) is 33.8 Å². The van der Waals surface area contributed by atoms with Crippen molar-refractivity contribution in [2.24, 2.45) is 0 Å². The van der Waals surface area contributed by atoms with E-state index in [4.69, 9.17) is 0 Å². The number of hydrogen-bond acceptors (Lipinski definition) is 7. The van der Waals surface area contributed by atoms with Crippen molar-refractivity contribution in [2.45, 2.75) is 37.8 Å². The minimum atomic E-state index is -4.52. The molecule has 2 heterocycles. The number of nitrogens with one attached hydrogen (secondary N) is 1. The van der Waals surface area contributed by atoms with E-state index in [9.17, 15) is 26.4 Å². The first kappa shape index (κ1) is 26.0. The number of nitrogens with zero attached hydrogens (tertiary/aromatic N) is 2. The van der Waals surface area contributed by atoms with Gasteiger partial charge in [-0.2, -0.15) is 13.2 Å². The summed E-state index contributed by atoms with van der Waals surface area (Å²) in [5, 5.41) is 3.49. The summed E-state index contributed by atoms with van der Waals surface area (Å²) in [5.74, 6) is -0.127. The van der Waals surface area contributed by atoms with Gasteiger partial charge in [-0.05, 0) is 55.8 Å². The Morgan fingerprint density at radius 3 is 2.39 bits per heavy atom. The molecule has 0 aliphatic carbocycles. The van der Waals surface area contributed by atoms with Crippen LogP contribution in [-0.4, -0.2) is 24.2 Å². The van der Waals surface area contributed by atoms with Gasteiger partial charge in [-0.3, -0.25) is 9.52 Å². The second-order valence-corrected chi connectivity index (χ2v) is 11.8. The minimum absolute atomic E-state index is 0.00424. The van der Waals surface area contributed by atoms with Gasteiger partial charge in [0.25, 0.3) is 10.0 Å². The molecule has 4 aromatic rings. The number of ketones is 1. The Labute approximate surface area is 213 Å². The summed E-state index contributed by atoms with van der Waals surface area (Å²) >= 11 is 2.93. The highest BCUT2D eigenvalue weighted by Gasteiger charge is 2.30. The molecule has 0 bridgehead atoms. The highest BCUT2D eigenvalue weighted by Crippen LogP contribution is 2.31. The molecule has 0 aliphatic rings. The summed E-state index contributed by atoms with van der Waals surface area (Å²) in [6, 6.07) is 9.58. The second-order valence-electron chi connectivity index (χ2n) is 7.99. The van der Waals surface area contributed by atoms with Crippen LogP contribution in [0.4, 0.5) is 18.9 Å². The molecule has 0 aliphatic heterocycles. The van der Waals surface area contributed by atoms with Crippen LogP contribution < -0.4 is 4.72 Å². The van der Waals surface area contributed by atoms with E-state index in [-0.39, 0.29) is 29.2 Å². The second kappa shape index (κ2) is 10.1. The molecule has 1 N–H and O–H groups in total. The third kappa shape index (κ3) is 6.18. The van der Waals surface area contributed by atoms with Crippen molar-refractivity contribution in [3.8, 4) is 10.6 Å². The van der Waals surface area contributed by atoms with E-state index in [1.165, 1.54) is 29.5 Å². The van der Waals surface area contributed by atoms with Gasteiger partial charge in [0.2, 0.25) is 0 Å². The minimum Gasteiger partial charge on any atom is -0.299 e. The molecule has 0 fully saturated rings. The molecule has 0 amide bonds. The van der Waals surface area contributed by atoms with Crippen molar-refractivity contribution >= 4 is 44.2 Å². The van der Waals surface area contributed by atoms with E-state index in [1.807, 2.05) is 19.2 Å². The highest BCUT2D eigenvalue weighted by molar-refractivity contribution is 7.92. The Morgan fingerprint density at radius 2 is 1.75 bits per heavy atom. The van der Waals surface area contributed by atoms with E-state index < -0.39 is 21.8 Å². The number of thiazole rings is 2. The maximum absolute atomic E-state index is 12.7. The fourth-order valence-electron chi connectivity index (χ4n) is 3.49. The standard InChI is InChI=1S/C24H20F3N3O3S3/c1-14-23(35-15(2)28-14)21-13-34-22(29-21)12-19(31)10-16-4-3-5-20(11-16)36(32,33)30-18-8-6-17(7-9-18)24(25,26)27/h3-9,11,13,30H,10,12H2,1-2H3. The Bertz CT molecular complexity index is 1510. The average molecular weight is 552 g/mol. The molecule has 0 saturated carbocycles. The Hall–Kier alpha value is -3.09. The molecule has 2 aromatic heterocycles. The van der Waals surface area contributed by atoms with E-state index in [0.717, 1.165) is 45.5 Å². The lowest BCUT2D eigenvalue weighted by atomic mass is 10.1. The third-order valence-corrected chi connectivity index (χ3v) is 8.43. The first-order valence-corrected chi connectivity index (χ1v) is 13.8. The monoisotopic (exact) mass is 551 g/mol. The lowest BCUT2D eigenvalue weighted by molar-refractivity contribution is -0.137. The van der Waals surface area contributed by atoms with Crippen molar-refractivity contribution in [2.75, 3.05) is 4.72 Å². The van der Waals surface area contributed by atoms with E-state index in [2.05, 4.69) is 14.7 Å². The Balaban J connectivity index is 1.42. The largest absolute Gasteiger partial charge is 0.416 e. The van der Waals surface area contributed by atoms with Crippen LogP contribution in [0, 0.1) is 13.8 Å². The van der Waals surface area contributed by atoms with Gasteiger partial charge >= 0.3 is 6.18 Å². The van der Waals surface area contributed by atoms with Gasteiger partial charge in [-0.15, -0.1) is 22.7 Å². The van der Waals surface area contributed by atoms with Gasteiger partial charge in [0.15, 0.2) is 0 Å². The van der Waals surface area contributed by atoms with Crippen LogP contribution in [0.25, 0.3) is 10.6 Å². The number of benzene rings is 2. The van der Waals surface area contributed by atoms with E-state index in [0.29, 0.717) is 10.6 Å². The molecule has 0 unspecified atom stereocenters. The van der Waals surface area contributed by atoms with E-state index in [1.54, 1.807) is 17.4 Å². The topological polar surface area (TPSA) is 89.0 Å². The molecular formula is C24H20F3N3O3S3. The molecule has 12 heteroatoms. The van der Waals surface area contributed by atoms with Crippen molar-refractivity contribution in [1.29, 1.82) is 0 Å². The average Bonchev–Trinajstić information content (AvgIpc) is 3.38. The predicted octanol–water partition coefficient (Wildman–Crippen LogP) is 6.06. The van der Waals surface area contributed by atoms with Gasteiger partial charge in [-0.1, -0.05) is 12.1 Å². The van der Waals surface area contributed by atoms with Crippen LogP contribution >= 0.6 is 22.7 Å². The van der Waals surface area contributed by atoms with Crippen LogP contribution in [0.5, 0.6) is 0 Å². The summed E-state index contributed by atoms with van der Waals surface area (Å²) in [5.41, 5.74) is 1.30. The third-order valence-electron chi connectivity index (χ3n) is 5.11. The number of hydrogen-bond donors (Lipinski definition) is 1. The fraction of sp³-hybridized carbons (Fsp3) is 0.208. The Kier molecular flexibility index (Phi) is 7.30. The van der Waals surface area contributed by atoms with Crippen molar-refractivity contribution in [3.05, 3.63) is 80.7 Å². The smallest absolute Gasteiger partial charge is 0.299 e. The number of Topliss-reactive ketones (excluding diaryl/α,β-unsaturated/α-hetero) is 1. The molecule has 4 rings (SSSR count). The molecule has 0 atom stereocenters.